The van der Waals surface area contributed by atoms with Crippen molar-refractivity contribution in [3.05, 3.63) is 11.8 Å². The fraction of sp³-hybridized carbons (Fsp3) is 0.625. The number of nitrogens with two attached hydrogens (primary N) is 1. The summed E-state index contributed by atoms with van der Waals surface area (Å²) in [6.07, 6.45) is 0.937. The van der Waals surface area contributed by atoms with Crippen LogP contribution in [0.25, 0.3) is 0 Å². The number of ketones is 1. The number of hydrogen-bond acceptors (Lipinski definition) is 6. The van der Waals surface area contributed by atoms with E-state index in [2.05, 4.69) is 10.2 Å². The maximum Gasteiger partial charge on any atom is 0.235 e. The van der Waals surface area contributed by atoms with Crippen LogP contribution in [0.15, 0.2) is 4.42 Å². The lowest BCUT2D eigenvalue weighted by molar-refractivity contribution is -0.125. The van der Waals surface area contributed by atoms with Crippen LogP contribution in [0.3, 0.4) is 0 Å². The molecule has 1 saturated carbocycles. The van der Waals surface area contributed by atoms with Gasteiger partial charge in [-0.1, -0.05) is 0 Å². The number of aromatic nitrogens is 2. The molecule has 0 bridgehead atoms. The Kier molecular flexibility index (Phi) is 2.30. The molecule has 1 aromatic heterocycles. The minimum atomic E-state index is -0.632. The molecular formula is C8H11N3O3. The third-order valence-corrected chi connectivity index (χ3v) is 2.27. The van der Waals surface area contributed by atoms with Crippen molar-refractivity contribution < 1.29 is 14.3 Å². The summed E-state index contributed by atoms with van der Waals surface area (Å²) in [6, 6.07) is -0.632. The molecule has 0 aliphatic heterocycles. The van der Waals surface area contributed by atoms with Gasteiger partial charge in [-0.2, -0.15) is 0 Å². The smallest absolute Gasteiger partial charge is 0.235 e. The molecule has 0 aromatic carbocycles. The van der Waals surface area contributed by atoms with Gasteiger partial charge < -0.3 is 15.3 Å². The van der Waals surface area contributed by atoms with Gasteiger partial charge in [-0.05, 0) is 0 Å². The van der Waals surface area contributed by atoms with E-state index in [-0.39, 0.29) is 24.2 Å². The van der Waals surface area contributed by atoms with Crippen LogP contribution >= 0.6 is 0 Å². The molecule has 0 amide bonds. The number of nitrogens with zero attached hydrogens (tertiary/aromatic N) is 2. The molecule has 6 nitrogen and oxygen atoms in total. The van der Waals surface area contributed by atoms with Crippen LogP contribution in [0.4, 0.5) is 0 Å². The van der Waals surface area contributed by atoms with Gasteiger partial charge in [0.05, 0.1) is 12.5 Å². The van der Waals surface area contributed by atoms with Gasteiger partial charge in [0.2, 0.25) is 11.8 Å². The summed E-state index contributed by atoms with van der Waals surface area (Å²) in [5, 5.41) is 16.2. The van der Waals surface area contributed by atoms with Crippen LogP contribution in [0.2, 0.25) is 0 Å². The van der Waals surface area contributed by atoms with Crippen molar-refractivity contribution in [3.8, 4) is 0 Å². The number of carbonyl (C=O) groups is 1. The monoisotopic (exact) mass is 197 g/mol. The molecule has 1 heterocycles. The van der Waals surface area contributed by atoms with E-state index in [0.717, 1.165) is 0 Å². The normalized spacial score (nSPS) is 19.4. The van der Waals surface area contributed by atoms with Crippen molar-refractivity contribution in [3.63, 3.8) is 0 Å². The first-order chi connectivity index (χ1) is 6.70. The second-order valence-electron chi connectivity index (χ2n) is 3.41. The molecule has 1 fully saturated rings. The van der Waals surface area contributed by atoms with Crippen LogP contribution in [0.5, 0.6) is 0 Å². The second kappa shape index (κ2) is 3.47. The molecule has 0 unspecified atom stereocenters. The van der Waals surface area contributed by atoms with Gasteiger partial charge in [0.15, 0.2) is 0 Å². The van der Waals surface area contributed by atoms with Crippen LogP contribution in [-0.4, -0.2) is 27.7 Å². The second-order valence-corrected chi connectivity index (χ2v) is 3.41. The largest absolute Gasteiger partial charge is 0.423 e. The minimum Gasteiger partial charge on any atom is -0.423 e. The van der Waals surface area contributed by atoms with Crippen LogP contribution < -0.4 is 5.73 Å². The Morgan fingerprint density at radius 3 is 2.86 bits per heavy atom. The molecule has 0 radical (unpaired) electrons. The Labute approximate surface area is 80.1 Å². The molecular weight excluding hydrogens is 186 g/mol. The van der Waals surface area contributed by atoms with E-state index in [1.54, 1.807) is 0 Å². The number of hydrogen-bond donors (Lipinski definition) is 2. The first-order valence-electron chi connectivity index (χ1n) is 4.42. The van der Waals surface area contributed by atoms with E-state index >= 15 is 0 Å². The molecule has 2 rings (SSSR count). The molecule has 0 saturated heterocycles. The fourth-order valence-electron chi connectivity index (χ4n) is 1.30. The van der Waals surface area contributed by atoms with Crippen LogP contribution in [0.1, 0.15) is 36.6 Å². The Morgan fingerprint density at radius 2 is 2.29 bits per heavy atom. The van der Waals surface area contributed by atoms with Gasteiger partial charge in [-0.3, -0.25) is 4.79 Å². The van der Waals surface area contributed by atoms with Crippen LogP contribution in [0, 0.1) is 0 Å². The quantitative estimate of drug-likeness (QED) is 0.677. The molecule has 3 N–H and O–H groups in total. The predicted molar refractivity (Wildman–Crippen MR) is 45.3 cm³/mol. The van der Waals surface area contributed by atoms with Crippen molar-refractivity contribution >= 4 is 5.78 Å². The standard InChI is InChI=1S/C8H11N3O3/c9-6(3-12)8-11-10-7(14-8)4-1-5(13)2-4/h4,6,12H,1-3,9H2/t6-/m1/s1. The van der Waals surface area contributed by atoms with E-state index in [4.69, 9.17) is 15.3 Å². The predicted octanol–water partition coefficient (Wildman–Crippen LogP) is -0.492. The topological polar surface area (TPSA) is 102 Å². The molecule has 14 heavy (non-hydrogen) atoms. The summed E-state index contributed by atoms with van der Waals surface area (Å²) < 4.78 is 5.23. The van der Waals surface area contributed by atoms with E-state index in [0.29, 0.717) is 18.7 Å². The molecule has 1 atom stereocenters. The third-order valence-electron chi connectivity index (χ3n) is 2.27. The summed E-state index contributed by atoms with van der Waals surface area (Å²) in [5.74, 6) is 0.932. The average molecular weight is 197 g/mol. The van der Waals surface area contributed by atoms with E-state index < -0.39 is 6.04 Å². The van der Waals surface area contributed by atoms with Crippen molar-refractivity contribution in [2.24, 2.45) is 5.73 Å². The zero-order chi connectivity index (χ0) is 10.1. The first-order valence-corrected chi connectivity index (χ1v) is 4.42. The average Bonchev–Trinajstić information content (AvgIpc) is 2.60. The first kappa shape index (κ1) is 9.29. The van der Waals surface area contributed by atoms with E-state index in [9.17, 15) is 4.79 Å². The van der Waals surface area contributed by atoms with Crippen molar-refractivity contribution in [1.29, 1.82) is 0 Å². The van der Waals surface area contributed by atoms with Gasteiger partial charge in [-0.15, -0.1) is 10.2 Å². The zero-order valence-electron chi connectivity index (χ0n) is 7.51. The Hall–Kier alpha value is -1.27. The Morgan fingerprint density at radius 1 is 1.57 bits per heavy atom. The molecule has 1 aliphatic carbocycles. The lowest BCUT2D eigenvalue weighted by Gasteiger charge is -2.19. The summed E-state index contributed by atoms with van der Waals surface area (Å²) in [5.41, 5.74) is 5.48. The summed E-state index contributed by atoms with van der Waals surface area (Å²) in [4.78, 5) is 10.7. The van der Waals surface area contributed by atoms with Gasteiger partial charge in [0, 0.05) is 12.8 Å². The third kappa shape index (κ3) is 1.53. The lowest BCUT2D eigenvalue weighted by atomic mass is 9.84. The Bertz CT molecular complexity index is 341. The summed E-state index contributed by atoms with van der Waals surface area (Å²) >= 11 is 0. The molecule has 0 spiro atoms. The van der Waals surface area contributed by atoms with E-state index in [1.807, 2.05) is 0 Å². The number of carbonyl (C=O) groups excluding carboxylic acids is 1. The molecule has 76 valence electrons. The summed E-state index contributed by atoms with van der Waals surface area (Å²) in [7, 11) is 0. The Balaban J connectivity index is 2.06. The molecule has 1 aliphatic rings. The zero-order valence-corrected chi connectivity index (χ0v) is 7.51. The highest BCUT2D eigenvalue weighted by Crippen LogP contribution is 2.32. The van der Waals surface area contributed by atoms with E-state index in [1.165, 1.54) is 0 Å². The van der Waals surface area contributed by atoms with Gasteiger partial charge >= 0.3 is 0 Å². The molecule has 1 aromatic rings. The van der Waals surface area contributed by atoms with Gasteiger partial charge in [0.25, 0.3) is 0 Å². The summed E-state index contributed by atoms with van der Waals surface area (Å²) in [6.45, 7) is -0.231. The maximum absolute atomic E-state index is 10.7. The van der Waals surface area contributed by atoms with Gasteiger partial charge in [0.1, 0.15) is 11.8 Å². The van der Waals surface area contributed by atoms with Crippen molar-refractivity contribution in [2.75, 3.05) is 6.61 Å². The maximum atomic E-state index is 10.7. The van der Waals surface area contributed by atoms with Crippen molar-refractivity contribution in [2.45, 2.75) is 24.8 Å². The highest BCUT2D eigenvalue weighted by molar-refractivity contribution is 5.85. The van der Waals surface area contributed by atoms with Crippen molar-refractivity contribution in [1.82, 2.24) is 10.2 Å². The number of aliphatic hydroxyl groups excluding tert-OH is 1. The minimum absolute atomic E-state index is 0.0506. The highest BCUT2D eigenvalue weighted by atomic mass is 16.4. The fourth-order valence-corrected chi connectivity index (χ4v) is 1.30. The molecule has 6 heteroatoms. The number of rotatable bonds is 3. The SMILES string of the molecule is N[C@H](CO)c1nnc(C2CC(=O)C2)o1. The lowest BCUT2D eigenvalue weighted by Crippen LogP contribution is -2.21. The van der Waals surface area contributed by atoms with Crippen LogP contribution in [-0.2, 0) is 4.79 Å². The van der Waals surface area contributed by atoms with Gasteiger partial charge in [-0.25, -0.2) is 0 Å². The number of Topliss-reactive ketones (excluding diaryl/α,β-unsaturated/α-hetero) is 1. The number of aliphatic hydroxyl groups is 1. The highest BCUT2D eigenvalue weighted by Gasteiger charge is 2.32.